The summed E-state index contributed by atoms with van der Waals surface area (Å²) < 4.78 is 13.6. The number of halogens is 1. The fourth-order valence-electron chi connectivity index (χ4n) is 2.87. The first-order valence-corrected chi connectivity index (χ1v) is 6.74. The third-order valence-corrected chi connectivity index (χ3v) is 4.00. The minimum absolute atomic E-state index is 0.278. The molecule has 2 N–H and O–H groups in total. The van der Waals surface area contributed by atoms with Gasteiger partial charge in [-0.05, 0) is 43.4 Å². The van der Waals surface area contributed by atoms with Crippen LogP contribution in [0.1, 0.15) is 35.6 Å². The van der Waals surface area contributed by atoms with Crippen LogP contribution in [0.5, 0.6) is 0 Å². The van der Waals surface area contributed by atoms with Crippen LogP contribution in [0.4, 0.5) is 4.39 Å². The number of hydrogen-bond donors (Lipinski definition) is 2. The van der Waals surface area contributed by atoms with E-state index >= 15 is 0 Å². The third kappa shape index (κ3) is 2.75. The Morgan fingerprint density at radius 2 is 1.80 bits per heavy atom. The molecule has 20 heavy (non-hydrogen) atoms. The first-order valence-electron chi connectivity index (χ1n) is 6.74. The zero-order valence-corrected chi connectivity index (χ0v) is 11.6. The first-order chi connectivity index (χ1) is 9.41. The van der Waals surface area contributed by atoms with E-state index in [1.807, 2.05) is 12.2 Å². The van der Waals surface area contributed by atoms with Gasteiger partial charge in [0.2, 0.25) is 0 Å². The van der Waals surface area contributed by atoms with Crippen LogP contribution in [-0.2, 0) is 4.79 Å². The van der Waals surface area contributed by atoms with E-state index in [-0.39, 0.29) is 11.7 Å². The highest BCUT2D eigenvalue weighted by Gasteiger charge is 2.34. The van der Waals surface area contributed by atoms with E-state index in [0.717, 1.165) is 0 Å². The van der Waals surface area contributed by atoms with Crippen molar-refractivity contribution in [2.24, 2.45) is 11.8 Å². The van der Waals surface area contributed by atoms with E-state index < -0.39 is 18.0 Å². The van der Waals surface area contributed by atoms with Gasteiger partial charge in [0, 0.05) is 5.92 Å². The lowest BCUT2D eigenvalue weighted by Gasteiger charge is -2.30. The smallest absolute Gasteiger partial charge is 0.307 e. The molecular weight excluding hydrogens is 259 g/mol. The first kappa shape index (κ1) is 14.7. The average molecular weight is 278 g/mol. The second kappa shape index (κ2) is 5.75. The maximum Gasteiger partial charge on any atom is 0.307 e. The van der Waals surface area contributed by atoms with Gasteiger partial charge in [-0.2, -0.15) is 0 Å². The van der Waals surface area contributed by atoms with Crippen molar-refractivity contribution in [1.29, 1.82) is 0 Å². The maximum absolute atomic E-state index is 13.6. The molecule has 108 valence electrons. The summed E-state index contributed by atoms with van der Waals surface area (Å²) >= 11 is 0. The highest BCUT2D eigenvalue weighted by atomic mass is 19.1. The van der Waals surface area contributed by atoms with Gasteiger partial charge in [0.1, 0.15) is 5.82 Å². The second-order valence-electron chi connectivity index (χ2n) is 5.46. The van der Waals surface area contributed by atoms with Crippen molar-refractivity contribution in [1.82, 2.24) is 0 Å². The molecule has 0 heterocycles. The number of carbonyl (C=O) groups is 1. The van der Waals surface area contributed by atoms with Crippen LogP contribution in [0.3, 0.4) is 0 Å². The quantitative estimate of drug-likeness (QED) is 0.835. The molecule has 0 saturated carbocycles. The number of carboxylic acid groups (broad SMARTS) is 1. The molecule has 1 aliphatic rings. The van der Waals surface area contributed by atoms with Crippen LogP contribution in [0.2, 0.25) is 0 Å². The fraction of sp³-hybridized carbons (Fsp3) is 0.438. The van der Waals surface area contributed by atoms with Crippen LogP contribution in [0.15, 0.2) is 24.3 Å². The van der Waals surface area contributed by atoms with E-state index in [1.165, 1.54) is 0 Å². The highest BCUT2D eigenvalue weighted by Crippen LogP contribution is 2.37. The fourth-order valence-corrected chi connectivity index (χ4v) is 2.87. The Morgan fingerprint density at radius 1 is 1.25 bits per heavy atom. The van der Waals surface area contributed by atoms with Crippen molar-refractivity contribution in [2.45, 2.75) is 32.8 Å². The summed E-state index contributed by atoms with van der Waals surface area (Å²) in [5.74, 6) is -2.14. The zero-order chi connectivity index (χ0) is 14.9. The van der Waals surface area contributed by atoms with Crippen molar-refractivity contribution in [3.8, 4) is 0 Å². The number of aliphatic carboxylic acids is 1. The number of rotatable bonds is 3. The molecule has 0 saturated heterocycles. The number of hydrogen-bond acceptors (Lipinski definition) is 2. The molecule has 0 radical (unpaired) electrons. The SMILES string of the molecule is Cc1cc(C(O)C2CC=CCC2C(=O)O)cc(C)c1F. The Morgan fingerprint density at radius 3 is 2.35 bits per heavy atom. The van der Waals surface area contributed by atoms with Gasteiger partial charge in [-0.3, -0.25) is 4.79 Å². The van der Waals surface area contributed by atoms with E-state index in [9.17, 15) is 19.4 Å². The lowest BCUT2D eigenvalue weighted by molar-refractivity contribution is -0.145. The number of aliphatic hydroxyl groups excluding tert-OH is 1. The monoisotopic (exact) mass is 278 g/mol. The molecule has 1 aromatic carbocycles. The van der Waals surface area contributed by atoms with Crippen molar-refractivity contribution in [3.63, 3.8) is 0 Å². The van der Waals surface area contributed by atoms with Gasteiger partial charge >= 0.3 is 5.97 Å². The molecule has 4 heteroatoms. The van der Waals surface area contributed by atoms with Gasteiger partial charge in [-0.25, -0.2) is 4.39 Å². The molecule has 3 unspecified atom stereocenters. The van der Waals surface area contributed by atoms with Crippen LogP contribution in [0, 0.1) is 31.5 Å². The van der Waals surface area contributed by atoms with Gasteiger partial charge in [0.25, 0.3) is 0 Å². The molecule has 2 rings (SSSR count). The van der Waals surface area contributed by atoms with Crippen LogP contribution >= 0.6 is 0 Å². The Kier molecular flexibility index (Phi) is 4.23. The number of aryl methyl sites for hydroxylation is 2. The minimum atomic E-state index is -0.894. The largest absolute Gasteiger partial charge is 0.481 e. The van der Waals surface area contributed by atoms with Gasteiger partial charge < -0.3 is 10.2 Å². The average Bonchev–Trinajstić information content (AvgIpc) is 2.43. The predicted molar refractivity (Wildman–Crippen MR) is 73.8 cm³/mol. The molecule has 0 spiro atoms. The lowest BCUT2D eigenvalue weighted by Crippen LogP contribution is -2.29. The molecule has 0 bridgehead atoms. The lowest BCUT2D eigenvalue weighted by atomic mass is 9.77. The summed E-state index contributed by atoms with van der Waals surface area (Å²) in [6.45, 7) is 3.29. The van der Waals surface area contributed by atoms with Gasteiger partial charge in [0.05, 0.1) is 12.0 Å². The number of allylic oxidation sites excluding steroid dienone is 2. The van der Waals surface area contributed by atoms with Crippen molar-refractivity contribution in [3.05, 3.63) is 46.8 Å². The summed E-state index contributed by atoms with van der Waals surface area (Å²) in [7, 11) is 0. The number of carboxylic acids is 1. The summed E-state index contributed by atoms with van der Waals surface area (Å²) in [6, 6.07) is 3.20. The second-order valence-corrected chi connectivity index (χ2v) is 5.46. The molecule has 3 atom stereocenters. The summed E-state index contributed by atoms with van der Waals surface area (Å²) in [5, 5.41) is 19.7. The minimum Gasteiger partial charge on any atom is -0.481 e. The van der Waals surface area contributed by atoms with Crippen LogP contribution in [-0.4, -0.2) is 16.2 Å². The van der Waals surface area contributed by atoms with Gasteiger partial charge in [0.15, 0.2) is 0 Å². The van der Waals surface area contributed by atoms with E-state index in [0.29, 0.717) is 29.5 Å². The van der Waals surface area contributed by atoms with Crippen molar-refractivity contribution >= 4 is 5.97 Å². The number of aliphatic hydroxyl groups is 1. The molecule has 0 aromatic heterocycles. The topological polar surface area (TPSA) is 57.5 Å². The maximum atomic E-state index is 13.6. The van der Waals surface area contributed by atoms with E-state index in [2.05, 4.69) is 0 Å². The van der Waals surface area contributed by atoms with Gasteiger partial charge in [-0.15, -0.1) is 0 Å². The summed E-state index contributed by atoms with van der Waals surface area (Å²) in [6.07, 6.45) is 3.79. The molecule has 1 aliphatic carbocycles. The Bertz CT molecular complexity index is 528. The Hall–Kier alpha value is -1.68. The van der Waals surface area contributed by atoms with Crippen LogP contribution < -0.4 is 0 Å². The van der Waals surface area contributed by atoms with Crippen molar-refractivity contribution in [2.75, 3.05) is 0 Å². The van der Waals surface area contributed by atoms with E-state index in [1.54, 1.807) is 26.0 Å². The molecule has 0 amide bonds. The normalized spacial score (nSPS) is 23.6. The summed E-state index contributed by atoms with van der Waals surface area (Å²) in [4.78, 5) is 11.3. The Balaban J connectivity index is 2.32. The van der Waals surface area contributed by atoms with Gasteiger partial charge in [-0.1, -0.05) is 24.3 Å². The van der Waals surface area contributed by atoms with Crippen LogP contribution in [0.25, 0.3) is 0 Å². The van der Waals surface area contributed by atoms with Crippen molar-refractivity contribution < 1.29 is 19.4 Å². The standard InChI is InChI=1S/C16H19FO3/c1-9-7-11(8-10(2)14(9)17)15(18)12-5-3-4-6-13(12)16(19)20/h3-4,7-8,12-13,15,18H,5-6H2,1-2H3,(H,19,20). The molecule has 0 aliphatic heterocycles. The molecule has 0 fully saturated rings. The molecule has 1 aromatic rings. The third-order valence-electron chi connectivity index (χ3n) is 4.00. The molecular formula is C16H19FO3. The Labute approximate surface area is 117 Å². The number of benzene rings is 1. The van der Waals surface area contributed by atoms with E-state index in [4.69, 9.17) is 0 Å². The zero-order valence-electron chi connectivity index (χ0n) is 11.6. The predicted octanol–water partition coefficient (Wildman–Crippen LogP) is 3.14. The highest BCUT2D eigenvalue weighted by molar-refractivity contribution is 5.71. The molecule has 3 nitrogen and oxygen atoms in total. The summed E-state index contributed by atoms with van der Waals surface area (Å²) in [5.41, 5.74) is 1.53.